The van der Waals surface area contributed by atoms with Crippen LogP contribution in [0.15, 0.2) is 51.9 Å². The molecule has 26 heavy (non-hydrogen) atoms. The van der Waals surface area contributed by atoms with Crippen molar-refractivity contribution in [3.8, 4) is 11.5 Å². The van der Waals surface area contributed by atoms with Crippen molar-refractivity contribution in [2.75, 3.05) is 0 Å². The number of hydrogen-bond acceptors (Lipinski definition) is 7. The van der Waals surface area contributed by atoms with Crippen LogP contribution < -0.4 is 4.74 Å². The van der Waals surface area contributed by atoms with Crippen LogP contribution in [0, 0.1) is 25.7 Å². The molecule has 3 rings (SSSR count). The summed E-state index contributed by atoms with van der Waals surface area (Å²) in [6, 6.07) is 7.84. The number of nitrogens with zero attached hydrogens (tertiary/aromatic N) is 5. The number of hydrogen-bond donors (Lipinski definition) is 1. The van der Waals surface area contributed by atoms with Gasteiger partial charge in [0.2, 0.25) is 0 Å². The molecule has 0 saturated carbocycles. The Bertz CT molecular complexity index is 884. The molecular formula is C17H19N5O3S. The van der Waals surface area contributed by atoms with E-state index in [0.29, 0.717) is 0 Å². The summed E-state index contributed by atoms with van der Waals surface area (Å²) in [6.07, 6.45) is 3.62. The van der Waals surface area contributed by atoms with Gasteiger partial charge in [-0.05, 0) is 39.0 Å². The quantitative estimate of drug-likeness (QED) is 0.539. The predicted octanol–water partition coefficient (Wildman–Crippen LogP) is 4.22. The normalized spacial score (nSPS) is 10.0. The molecule has 0 aliphatic carbocycles. The number of pyridine rings is 2. The van der Waals surface area contributed by atoms with Crippen molar-refractivity contribution >= 4 is 11.8 Å². The molecule has 0 saturated heterocycles. The molecule has 0 spiro atoms. The molecule has 0 amide bonds. The number of ether oxygens (including phenoxy) is 1. The van der Waals surface area contributed by atoms with Crippen LogP contribution >= 0.6 is 11.8 Å². The highest BCUT2D eigenvalue weighted by Crippen LogP contribution is 2.33. The Kier molecular flexibility index (Phi) is 6.67. The first kappa shape index (κ1) is 19.4. The lowest BCUT2D eigenvalue weighted by Crippen LogP contribution is -1.95. The predicted molar refractivity (Wildman–Crippen MR) is 97.7 cm³/mol. The van der Waals surface area contributed by atoms with Crippen LogP contribution in [0.2, 0.25) is 0 Å². The Balaban J connectivity index is 0.000000758. The maximum Gasteiger partial charge on any atom is 0.171 e. The van der Waals surface area contributed by atoms with E-state index in [1.54, 1.807) is 18.0 Å². The second-order valence-corrected chi connectivity index (χ2v) is 6.43. The SMILES string of the molecule is Cc1ncc(Sc2ccccn2)cc1Oc1c(C)nn(C)c1C.O=NO. The van der Waals surface area contributed by atoms with Gasteiger partial charge in [0.25, 0.3) is 0 Å². The Labute approximate surface area is 155 Å². The Morgan fingerprint density at radius 2 is 1.92 bits per heavy atom. The Morgan fingerprint density at radius 1 is 1.19 bits per heavy atom. The molecule has 0 fully saturated rings. The van der Waals surface area contributed by atoms with Gasteiger partial charge in [-0.15, -0.1) is 4.91 Å². The van der Waals surface area contributed by atoms with E-state index < -0.39 is 0 Å². The van der Waals surface area contributed by atoms with Crippen molar-refractivity contribution in [3.63, 3.8) is 0 Å². The molecule has 0 aliphatic heterocycles. The average Bonchev–Trinajstić information content (AvgIpc) is 2.85. The van der Waals surface area contributed by atoms with Crippen molar-refractivity contribution in [2.24, 2.45) is 12.4 Å². The van der Waals surface area contributed by atoms with Crippen molar-refractivity contribution in [2.45, 2.75) is 30.7 Å². The van der Waals surface area contributed by atoms with Crippen LogP contribution in [0.5, 0.6) is 11.5 Å². The molecule has 3 heterocycles. The molecule has 0 unspecified atom stereocenters. The lowest BCUT2D eigenvalue weighted by Gasteiger charge is -2.10. The fourth-order valence-electron chi connectivity index (χ4n) is 2.19. The van der Waals surface area contributed by atoms with Gasteiger partial charge in [-0.3, -0.25) is 9.67 Å². The summed E-state index contributed by atoms with van der Waals surface area (Å²) in [6.45, 7) is 5.87. The first-order valence-electron chi connectivity index (χ1n) is 7.66. The lowest BCUT2D eigenvalue weighted by atomic mass is 10.3. The minimum Gasteiger partial charge on any atom is -0.452 e. The second-order valence-electron chi connectivity index (χ2n) is 5.33. The van der Waals surface area contributed by atoms with Gasteiger partial charge in [0.1, 0.15) is 16.5 Å². The minimum absolute atomic E-state index is 0.741. The van der Waals surface area contributed by atoms with E-state index in [4.69, 9.17) is 14.9 Å². The molecule has 8 nitrogen and oxygen atoms in total. The van der Waals surface area contributed by atoms with Gasteiger partial charge in [0, 0.05) is 24.3 Å². The summed E-state index contributed by atoms with van der Waals surface area (Å²) >= 11 is 1.56. The maximum absolute atomic E-state index is 8.11. The first-order valence-corrected chi connectivity index (χ1v) is 8.48. The van der Waals surface area contributed by atoms with Crippen LogP contribution in [0.1, 0.15) is 17.1 Å². The Morgan fingerprint density at radius 3 is 2.50 bits per heavy atom. The van der Waals surface area contributed by atoms with Gasteiger partial charge in [0.15, 0.2) is 11.1 Å². The van der Waals surface area contributed by atoms with E-state index in [1.807, 2.05) is 63.0 Å². The van der Waals surface area contributed by atoms with Gasteiger partial charge in [0.05, 0.1) is 11.4 Å². The third-order valence-corrected chi connectivity index (χ3v) is 4.44. The molecule has 0 bridgehead atoms. The van der Waals surface area contributed by atoms with E-state index in [2.05, 4.69) is 15.1 Å². The summed E-state index contributed by atoms with van der Waals surface area (Å²) in [5.41, 5.74) is 2.70. The van der Waals surface area contributed by atoms with Gasteiger partial charge >= 0.3 is 0 Å². The minimum atomic E-state index is 0.741. The molecule has 0 aromatic carbocycles. The molecule has 136 valence electrons. The second kappa shape index (κ2) is 8.95. The number of rotatable bonds is 4. The molecule has 0 radical (unpaired) electrons. The van der Waals surface area contributed by atoms with Gasteiger partial charge in [-0.25, -0.2) is 4.98 Å². The monoisotopic (exact) mass is 373 g/mol. The highest BCUT2D eigenvalue weighted by Gasteiger charge is 2.14. The zero-order chi connectivity index (χ0) is 19.1. The zero-order valence-corrected chi connectivity index (χ0v) is 15.7. The van der Waals surface area contributed by atoms with E-state index in [1.165, 1.54) is 5.34 Å². The fourth-order valence-corrected chi connectivity index (χ4v) is 2.97. The van der Waals surface area contributed by atoms with Crippen LogP contribution in [-0.2, 0) is 7.05 Å². The average molecular weight is 373 g/mol. The van der Waals surface area contributed by atoms with Crippen LogP contribution in [0.4, 0.5) is 0 Å². The van der Waals surface area contributed by atoms with Crippen molar-refractivity contribution < 1.29 is 9.94 Å². The molecule has 1 N–H and O–H groups in total. The maximum atomic E-state index is 8.11. The third kappa shape index (κ3) is 4.79. The summed E-state index contributed by atoms with van der Waals surface area (Å²) < 4.78 is 7.91. The molecule has 9 heteroatoms. The van der Waals surface area contributed by atoms with Gasteiger partial charge < -0.3 is 9.94 Å². The number of aryl methyl sites for hydroxylation is 3. The molecule has 0 atom stereocenters. The van der Waals surface area contributed by atoms with Crippen molar-refractivity contribution in [1.82, 2.24) is 19.7 Å². The highest BCUT2D eigenvalue weighted by molar-refractivity contribution is 7.99. The van der Waals surface area contributed by atoms with Gasteiger partial charge in [-0.2, -0.15) is 5.10 Å². The molecule has 0 aliphatic rings. The smallest absolute Gasteiger partial charge is 0.171 e. The largest absolute Gasteiger partial charge is 0.452 e. The van der Waals surface area contributed by atoms with Crippen LogP contribution in [0.3, 0.4) is 0 Å². The van der Waals surface area contributed by atoms with Crippen LogP contribution in [0.25, 0.3) is 0 Å². The molecular weight excluding hydrogens is 354 g/mol. The van der Waals surface area contributed by atoms with E-state index in [9.17, 15) is 0 Å². The number of aromatic nitrogens is 4. The fraction of sp³-hybridized carbons (Fsp3) is 0.235. The van der Waals surface area contributed by atoms with E-state index >= 15 is 0 Å². The highest BCUT2D eigenvalue weighted by atomic mass is 32.2. The Hall–Kier alpha value is -2.94. The summed E-state index contributed by atoms with van der Waals surface area (Å²) in [4.78, 5) is 17.9. The topological polar surface area (TPSA) is 102 Å². The van der Waals surface area contributed by atoms with Gasteiger partial charge in [-0.1, -0.05) is 17.8 Å². The lowest BCUT2D eigenvalue weighted by molar-refractivity contribution is 0.312. The summed E-state index contributed by atoms with van der Waals surface area (Å²) in [5.74, 6) is 1.53. The van der Waals surface area contributed by atoms with E-state index in [-0.39, 0.29) is 0 Å². The zero-order valence-electron chi connectivity index (χ0n) is 14.9. The third-order valence-electron chi connectivity index (χ3n) is 3.53. The van der Waals surface area contributed by atoms with Crippen LogP contribution in [-0.4, -0.2) is 25.0 Å². The summed E-state index contributed by atoms with van der Waals surface area (Å²) in [7, 11) is 1.91. The molecule has 3 aromatic rings. The molecule has 3 aromatic heterocycles. The van der Waals surface area contributed by atoms with E-state index in [0.717, 1.165) is 38.5 Å². The standard InChI is InChI=1S/C17H18N4OS.HNO2/c1-11-15(22-17-12(2)20-21(4)13(17)3)9-14(10-19-11)23-16-7-5-6-8-18-16;2-1-3/h5-10H,1-4H3;(H,2,3). The van der Waals surface area contributed by atoms with Crippen molar-refractivity contribution in [3.05, 3.63) is 58.6 Å². The summed E-state index contributed by atoms with van der Waals surface area (Å²) in [5, 5.41) is 13.2. The van der Waals surface area contributed by atoms with Crippen molar-refractivity contribution in [1.29, 1.82) is 0 Å². The first-order chi connectivity index (χ1) is 12.5.